The van der Waals surface area contributed by atoms with Gasteiger partial charge in [-0.25, -0.2) is 18.4 Å². The molecule has 0 spiro atoms. The molecule has 0 aliphatic rings. The van der Waals surface area contributed by atoms with Gasteiger partial charge in [0, 0.05) is 18.4 Å². The van der Waals surface area contributed by atoms with Gasteiger partial charge in [-0.3, -0.25) is 4.98 Å². The topological polar surface area (TPSA) is 122 Å². The van der Waals surface area contributed by atoms with Crippen molar-refractivity contribution < 1.29 is 18.3 Å². The van der Waals surface area contributed by atoms with Crippen molar-refractivity contribution in [2.45, 2.75) is 13.3 Å². The Hall–Kier alpha value is -1.67. The van der Waals surface area contributed by atoms with Crippen LogP contribution in [0.5, 0.6) is 0 Å². The van der Waals surface area contributed by atoms with Gasteiger partial charge in [0.1, 0.15) is 5.56 Å². The summed E-state index contributed by atoms with van der Waals surface area (Å²) in [6, 6.07) is 1.60. The summed E-state index contributed by atoms with van der Waals surface area (Å²) in [5.74, 6) is -1.23. The number of primary sulfonamides is 1. The third-order valence-electron chi connectivity index (χ3n) is 2.19. The van der Waals surface area contributed by atoms with Crippen molar-refractivity contribution in [1.82, 2.24) is 4.98 Å². The zero-order valence-corrected chi connectivity index (χ0v) is 10.7. The molecular weight excluding hydrogens is 258 g/mol. The largest absolute Gasteiger partial charge is 0.478 e. The lowest BCUT2D eigenvalue weighted by atomic mass is 10.2. The average molecular weight is 273 g/mol. The first kappa shape index (κ1) is 14.4. The van der Waals surface area contributed by atoms with E-state index in [1.807, 2.05) is 0 Å². The van der Waals surface area contributed by atoms with E-state index >= 15 is 0 Å². The Labute approximate surface area is 105 Å². The van der Waals surface area contributed by atoms with Crippen LogP contribution in [0, 0.1) is 6.92 Å². The summed E-state index contributed by atoms with van der Waals surface area (Å²) in [5.41, 5.74) is 1.15. The van der Waals surface area contributed by atoms with Crippen LogP contribution in [0.25, 0.3) is 0 Å². The summed E-state index contributed by atoms with van der Waals surface area (Å²) in [5, 5.41) is 16.7. The summed E-state index contributed by atoms with van der Waals surface area (Å²) >= 11 is 0. The number of rotatable bonds is 6. The van der Waals surface area contributed by atoms with Crippen LogP contribution in [0.15, 0.2) is 12.3 Å². The van der Waals surface area contributed by atoms with E-state index in [9.17, 15) is 13.2 Å². The Morgan fingerprint density at radius 2 is 2.22 bits per heavy atom. The van der Waals surface area contributed by atoms with E-state index < -0.39 is 16.0 Å². The zero-order chi connectivity index (χ0) is 13.8. The van der Waals surface area contributed by atoms with Crippen LogP contribution in [-0.2, 0) is 10.0 Å². The first-order chi connectivity index (χ1) is 8.29. The number of nitrogens with one attached hydrogen (secondary N) is 1. The Morgan fingerprint density at radius 1 is 1.56 bits per heavy atom. The van der Waals surface area contributed by atoms with E-state index in [-0.39, 0.29) is 11.3 Å². The van der Waals surface area contributed by atoms with Crippen molar-refractivity contribution in [3.8, 4) is 0 Å². The van der Waals surface area contributed by atoms with Crippen LogP contribution >= 0.6 is 0 Å². The second kappa shape index (κ2) is 5.78. The molecule has 0 radical (unpaired) electrons. The molecule has 0 aliphatic heterocycles. The van der Waals surface area contributed by atoms with E-state index in [4.69, 9.17) is 10.2 Å². The van der Waals surface area contributed by atoms with Crippen molar-refractivity contribution in [1.29, 1.82) is 0 Å². The number of carboxylic acids is 1. The second-order valence-electron chi connectivity index (χ2n) is 3.82. The smallest absolute Gasteiger partial charge is 0.339 e. The molecule has 1 aromatic rings. The van der Waals surface area contributed by atoms with Gasteiger partial charge in [0.05, 0.1) is 11.4 Å². The molecule has 100 valence electrons. The maximum absolute atomic E-state index is 10.9. The molecule has 0 aliphatic carbocycles. The highest BCUT2D eigenvalue weighted by Crippen LogP contribution is 2.15. The Bertz CT molecular complexity index is 542. The van der Waals surface area contributed by atoms with Gasteiger partial charge in [0.15, 0.2) is 0 Å². The molecule has 0 aromatic carbocycles. The monoisotopic (exact) mass is 273 g/mol. The van der Waals surface area contributed by atoms with Crippen LogP contribution in [0.1, 0.15) is 22.5 Å². The summed E-state index contributed by atoms with van der Waals surface area (Å²) in [7, 11) is -3.48. The summed E-state index contributed by atoms with van der Waals surface area (Å²) in [6.45, 7) is 2.06. The lowest BCUT2D eigenvalue weighted by molar-refractivity contribution is 0.0697. The fraction of sp³-hybridized carbons (Fsp3) is 0.400. The molecule has 1 heterocycles. The lowest BCUT2D eigenvalue weighted by Crippen LogP contribution is -2.19. The number of carbonyl (C=O) groups is 1. The van der Waals surface area contributed by atoms with Gasteiger partial charge in [0.25, 0.3) is 0 Å². The fourth-order valence-corrected chi connectivity index (χ4v) is 1.92. The maximum atomic E-state index is 10.9. The van der Waals surface area contributed by atoms with Gasteiger partial charge < -0.3 is 10.4 Å². The van der Waals surface area contributed by atoms with Crippen molar-refractivity contribution in [2.75, 3.05) is 17.6 Å². The summed E-state index contributed by atoms with van der Waals surface area (Å²) < 4.78 is 21.4. The van der Waals surface area contributed by atoms with Crippen molar-refractivity contribution >= 4 is 21.7 Å². The van der Waals surface area contributed by atoms with Crippen LogP contribution < -0.4 is 10.5 Å². The SMILES string of the molecule is Cc1cc(NCCCS(N)(=O)=O)c(C(=O)O)cn1. The number of aryl methyl sites for hydroxylation is 1. The normalized spacial score (nSPS) is 11.2. The molecule has 7 nitrogen and oxygen atoms in total. The summed E-state index contributed by atoms with van der Waals surface area (Å²) in [6.07, 6.45) is 1.57. The number of hydrogen-bond acceptors (Lipinski definition) is 5. The highest BCUT2D eigenvalue weighted by Gasteiger charge is 2.10. The summed E-state index contributed by atoms with van der Waals surface area (Å²) in [4.78, 5) is 14.8. The molecule has 0 saturated heterocycles. The third kappa shape index (κ3) is 4.68. The molecule has 0 atom stereocenters. The molecule has 0 bridgehead atoms. The minimum atomic E-state index is -3.48. The zero-order valence-electron chi connectivity index (χ0n) is 9.88. The van der Waals surface area contributed by atoms with E-state index in [0.29, 0.717) is 24.3 Å². The number of pyridine rings is 1. The van der Waals surface area contributed by atoms with Crippen molar-refractivity contribution in [3.63, 3.8) is 0 Å². The lowest BCUT2D eigenvalue weighted by Gasteiger charge is -2.09. The van der Waals surface area contributed by atoms with Crippen LogP contribution in [0.4, 0.5) is 5.69 Å². The van der Waals surface area contributed by atoms with Gasteiger partial charge in [-0.1, -0.05) is 0 Å². The van der Waals surface area contributed by atoms with Crippen molar-refractivity contribution in [3.05, 3.63) is 23.5 Å². The number of aromatic carboxylic acids is 1. The van der Waals surface area contributed by atoms with E-state index in [1.165, 1.54) is 6.20 Å². The molecule has 0 amide bonds. The van der Waals surface area contributed by atoms with Crippen LogP contribution in [-0.4, -0.2) is 36.8 Å². The number of anilines is 1. The highest BCUT2D eigenvalue weighted by molar-refractivity contribution is 7.89. The molecule has 1 rings (SSSR count). The van der Waals surface area contributed by atoms with E-state index in [2.05, 4.69) is 10.3 Å². The minimum absolute atomic E-state index is 0.0520. The van der Waals surface area contributed by atoms with Gasteiger partial charge in [0.2, 0.25) is 10.0 Å². The molecular formula is C10H15N3O4S. The molecule has 4 N–H and O–H groups in total. The van der Waals surface area contributed by atoms with Crippen molar-refractivity contribution in [2.24, 2.45) is 5.14 Å². The minimum Gasteiger partial charge on any atom is -0.478 e. The first-order valence-corrected chi connectivity index (χ1v) is 6.95. The number of aromatic nitrogens is 1. The van der Waals surface area contributed by atoms with E-state index in [1.54, 1.807) is 13.0 Å². The number of hydrogen-bond donors (Lipinski definition) is 3. The van der Waals surface area contributed by atoms with Crippen LogP contribution in [0.3, 0.4) is 0 Å². The van der Waals surface area contributed by atoms with Crippen LogP contribution in [0.2, 0.25) is 0 Å². The number of sulfonamides is 1. The first-order valence-electron chi connectivity index (χ1n) is 5.24. The highest BCUT2D eigenvalue weighted by atomic mass is 32.2. The Morgan fingerprint density at radius 3 is 2.78 bits per heavy atom. The number of carboxylic acid groups (broad SMARTS) is 1. The number of nitrogens with zero attached hydrogens (tertiary/aromatic N) is 1. The standard InChI is InChI=1S/C10H15N3O4S/c1-7-5-9(8(6-13-7)10(14)15)12-3-2-4-18(11,16)17/h5-6H,2-4H2,1H3,(H,12,13)(H,14,15)(H2,11,16,17). The third-order valence-corrected chi connectivity index (χ3v) is 3.05. The van der Waals surface area contributed by atoms with Gasteiger partial charge in [-0.15, -0.1) is 0 Å². The Balaban J connectivity index is 2.66. The fourth-order valence-electron chi connectivity index (χ4n) is 1.37. The predicted octanol–water partition coefficient (Wildman–Crippen LogP) is 0.179. The quantitative estimate of drug-likeness (QED) is 0.635. The van der Waals surface area contributed by atoms with E-state index in [0.717, 1.165) is 0 Å². The average Bonchev–Trinajstić information content (AvgIpc) is 2.22. The molecule has 18 heavy (non-hydrogen) atoms. The molecule has 0 unspecified atom stereocenters. The number of nitrogens with two attached hydrogens (primary N) is 1. The maximum Gasteiger partial charge on any atom is 0.339 e. The molecule has 0 fully saturated rings. The predicted molar refractivity (Wildman–Crippen MR) is 67.0 cm³/mol. The Kier molecular flexibility index (Phi) is 4.62. The molecule has 1 aromatic heterocycles. The van der Waals surface area contributed by atoms with Gasteiger partial charge in [-0.05, 0) is 19.4 Å². The van der Waals surface area contributed by atoms with Gasteiger partial charge in [-0.2, -0.15) is 0 Å². The van der Waals surface area contributed by atoms with Gasteiger partial charge >= 0.3 is 5.97 Å². The molecule has 0 saturated carbocycles. The molecule has 8 heteroatoms. The second-order valence-corrected chi connectivity index (χ2v) is 5.56.